The first-order valence-corrected chi connectivity index (χ1v) is 7.52. The number of aromatic nitrogens is 1. The molecule has 4 heteroatoms. The van der Waals surface area contributed by atoms with Crippen molar-refractivity contribution in [3.05, 3.63) is 64.8 Å². The molecule has 0 bridgehead atoms. The van der Waals surface area contributed by atoms with E-state index in [1.54, 1.807) is 0 Å². The second-order valence-electron chi connectivity index (χ2n) is 5.06. The van der Waals surface area contributed by atoms with Gasteiger partial charge in [-0.25, -0.2) is 0 Å². The highest BCUT2D eigenvalue weighted by atomic mass is 79.9. The van der Waals surface area contributed by atoms with Gasteiger partial charge >= 0.3 is 0 Å². The lowest BCUT2D eigenvalue weighted by Crippen LogP contribution is -2.18. The minimum Gasteiger partial charge on any atom is -0.338 e. The van der Waals surface area contributed by atoms with Gasteiger partial charge in [-0.3, -0.25) is 4.79 Å². The van der Waals surface area contributed by atoms with Crippen molar-refractivity contribution in [1.82, 2.24) is 4.57 Å². The lowest BCUT2D eigenvalue weighted by atomic mass is 10.2. The Morgan fingerprint density at radius 2 is 2.05 bits per heavy atom. The average molecular weight is 343 g/mol. The van der Waals surface area contributed by atoms with Crippen LogP contribution in [0.2, 0.25) is 0 Å². The second-order valence-corrected chi connectivity index (χ2v) is 5.98. The van der Waals surface area contributed by atoms with E-state index in [0.29, 0.717) is 6.54 Å². The molecule has 0 aliphatic heterocycles. The van der Waals surface area contributed by atoms with Crippen LogP contribution in [0.15, 0.2) is 59.2 Å². The van der Waals surface area contributed by atoms with Gasteiger partial charge in [0.25, 0.3) is 0 Å². The van der Waals surface area contributed by atoms with Gasteiger partial charge < -0.3 is 9.88 Å². The van der Waals surface area contributed by atoms with Crippen LogP contribution < -0.4 is 5.32 Å². The van der Waals surface area contributed by atoms with Crippen molar-refractivity contribution in [3.8, 4) is 0 Å². The number of carbonyl (C=O) groups excluding carboxylic acids is 1. The standard InChI is InChI=1S/C17H15BrN2O/c1-12-5-6-13-7-8-20(16(13)9-12)11-17(21)19-15-4-2-3-14(18)10-15/h2-10H,11H2,1H3,(H,19,21). The van der Waals surface area contributed by atoms with E-state index in [9.17, 15) is 4.79 Å². The number of nitrogens with one attached hydrogen (secondary N) is 1. The summed E-state index contributed by atoms with van der Waals surface area (Å²) >= 11 is 3.40. The molecule has 1 aromatic heterocycles. The average Bonchev–Trinajstić information content (AvgIpc) is 2.81. The summed E-state index contributed by atoms with van der Waals surface area (Å²) in [6.07, 6.45) is 1.95. The lowest BCUT2D eigenvalue weighted by Gasteiger charge is -2.08. The highest BCUT2D eigenvalue weighted by Crippen LogP contribution is 2.18. The van der Waals surface area contributed by atoms with Gasteiger partial charge in [0, 0.05) is 21.9 Å². The third kappa shape index (κ3) is 3.16. The summed E-state index contributed by atoms with van der Waals surface area (Å²) in [4.78, 5) is 12.2. The molecule has 0 aliphatic rings. The number of fused-ring (bicyclic) bond motifs is 1. The van der Waals surface area contributed by atoms with Crippen LogP contribution in [0.1, 0.15) is 5.56 Å². The SMILES string of the molecule is Cc1ccc2ccn(CC(=O)Nc3cccc(Br)c3)c2c1. The van der Waals surface area contributed by atoms with Crippen molar-refractivity contribution in [2.75, 3.05) is 5.32 Å². The zero-order valence-electron chi connectivity index (χ0n) is 11.6. The summed E-state index contributed by atoms with van der Waals surface area (Å²) in [6, 6.07) is 15.9. The Labute approximate surface area is 131 Å². The van der Waals surface area contributed by atoms with Crippen LogP contribution in [-0.2, 0) is 11.3 Å². The quantitative estimate of drug-likeness (QED) is 0.754. The summed E-state index contributed by atoms with van der Waals surface area (Å²) in [6.45, 7) is 2.36. The molecular weight excluding hydrogens is 328 g/mol. The van der Waals surface area contributed by atoms with E-state index >= 15 is 0 Å². The Bertz CT molecular complexity index is 807. The number of aryl methyl sites for hydroxylation is 1. The molecule has 2 aromatic carbocycles. The van der Waals surface area contributed by atoms with E-state index in [1.165, 1.54) is 5.56 Å². The van der Waals surface area contributed by atoms with Crippen molar-refractivity contribution >= 4 is 38.4 Å². The molecule has 0 radical (unpaired) electrons. The van der Waals surface area contributed by atoms with E-state index < -0.39 is 0 Å². The summed E-state index contributed by atoms with van der Waals surface area (Å²) < 4.78 is 2.91. The topological polar surface area (TPSA) is 34.0 Å². The zero-order chi connectivity index (χ0) is 14.8. The van der Waals surface area contributed by atoms with Crippen molar-refractivity contribution in [2.24, 2.45) is 0 Å². The van der Waals surface area contributed by atoms with Gasteiger partial charge in [-0.05, 0) is 48.2 Å². The molecule has 0 saturated carbocycles. The predicted octanol–water partition coefficient (Wildman–Crippen LogP) is 4.35. The van der Waals surface area contributed by atoms with Crippen LogP contribution in [0.4, 0.5) is 5.69 Å². The molecule has 21 heavy (non-hydrogen) atoms. The molecule has 0 fully saturated rings. The van der Waals surface area contributed by atoms with Gasteiger partial charge in [0.15, 0.2) is 0 Å². The number of amides is 1. The normalized spacial score (nSPS) is 10.8. The number of hydrogen-bond acceptors (Lipinski definition) is 1. The number of nitrogens with zero attached hydrogens (tertiary/aromatic N) is 1. The smallest absolute Gasteiger partial charge is 0.244 e. The molecule has 106 valence electrons. The highest BCUT2D eigenvalue weighted by molar-refractivity contribution is 9.10. The fourth-order valence-corrected chi connectivity index (χ4v) is 2.75. The maximum Gasteiger partial charge on any atom is 0.244 e. The fourth-order valence-electron chi connectivity index (χ4n) is 2.35. The van der Waals surface area contributed by atoms with Crippen LogP contribution in [0.3, 0.4) is 0 Å². The monoisotopic (exact) mass is 342 g/mol. The first-order chi connectivity index (χ1) is 10.1. The number of anilines is 1. The Balaban J connectivity index is 1.79. The van der Waals surface area contributed by atoms with Crippen molar-refractivity contribution in [2.45, 2.75) is 13.5 Å². The predicted molar refractivity (Wildman–Crippen MR) is 89.4 cm³/mol. The molecule has 3 nitrogen and oxygen atoms in total. The first kappa shape index (κ1) is 13.9. The Hall–Kier alpha value is -2.07. The van der Waals surface area contributed by atoms with Crippen LogP contribution >= 0.6 is 15.9 Å². The molecule has 0 aliphatic carbocycles. The van der Waals surface area contributed by atoms with Gasteiger partial charge in [-0.15, -0.1) is 0 Å². The summed E-state index contributed by atoms with van der Waals surface area (Å²) in [5.74, 6) is -0.0351. The van der Waals surface area contributed by atoms with Gasteiger partial charge in [0.05, 0.1) is 0 Å². The molecule has 0 spiro atoms. The number of rotatable bonds is 3. The summed E-state index contributed by atoms with van der Waals surface area (Å²) in [5.41, 5.74) is 3.07. The molecule has 1 N–H and O–H groups in total. The Morgan fingerprint density at radius 1 is 1.19 bits per heavy atom. The number of benzene rings is 2. The molecule has 3 rings (SSSR count). The van der Waals surface area contributed by atoms with Crippen molar-refractivity contribution < 1.29 is 4.79 Å². The molecule has 1 heterocycles. The van der Waals surface area contributed by atoms with Crippen LogP contribution in [-0.4, -0.2) is 10.5 Å². The summed E-state index contributed by atoms with van der Waals surface area (Å²) in [5, 5.41) is 4.06. The number of hydrogen-bond donors (Lipinski definition) is 1. The van der Waals surface area contributed by atoms with E-state index in [4.69, 9.17) is 0 Å². The molecule has 0 atom stereocenters. The van der Waals surface area contributed by atoms with E-state index in [2.05, 4.69) is 46.4 Å². The molecule has 1 amide bonds. The van der Waals surface area contributed by atoms with Gasteiger partial charge in [0.2, 0.25) is 5.91 Å². The minimum atomic E-state index is -0.0351. The third-order valence-electron chi connectivity index (χ3n) is 3.35. The second kappa shape index (κ2) is 5.74. The van der Waals surface area contributed by atoms with Gasteiger partial charge in [-0.1, -0.05) is 34.1 Å². The minimum absolute atomic E-state index is 0.0351. The highest BCUT2D eigenvalue weighted by Gasteiger charge is 2.07. The van der Waals surface area contributed by atoms with Crippen LogP contribution in [0.25, 0.3) is 10.9 Å². The van der Waals surface area contributed by atoms with Crippen LogP contribution in [0, 0.1) is 6.92 Å². The Kier molecular flexibility index (Phi) is 3.80. The van der Waals surface area contributed by atoms with E-state index in [-0.39, 0.29) is 5.91 Å². The van der Waals surface area contributed by atoms with Gasteiger partial charge in [0.1, 0.15) is 6.54 Å². The molecule has 0 unspecified atom stereocenters. The van der Waals surface area contributed by atoms with Crippen LogP contribution in [0.5, 0.6) is 0 Å². The van der Waals surface area contributed by atoms with Gasteiger partial charge in [-0.2, -0.15) is 0 Å². The first-order valence-electron chi connectivity index (χ1n) is 6.73. The van der Waals surface area contributed by atoms with Crippen molar-refractivity contribution in [1.29, 1.82) is 0 Å². The fraction of sp³-hybridized carbons (Fsp3) is 0.118. The molecule has 0 saturated heterocycles. The number of carbonyl (C=O) groups is 1. The zero-order valence-corrected chi connectivity index (χ0v) is 13.2. The molecule has 3 aromatic rings. The maximum atomic E-state index is 12.2. The lowest BCUT2D eigenvalue weighted by molar-refractivity contribution is -0.116. The molecular formula is C17H15BrN2O. The van der Waals surface area contributed by atoms with E-state index in [1.807, 2.05) is 41.1 Å². The maximum absolute atomic E-state index is 12.2. The largest absolute Gasteiger partial charge is 0.338 e. The number of halogens is 1. The van der Waals surface area contributed by atoms with Crippen molar-refractivity contribution in [3.63, 3.8) is 0 Å². The summed E-state index contributed by atoms with van der Waals surface area (Å²) in [7, 11) is 0. The van der Waals surface area contributed by atoms with E-state index in [0.717, 1.165) is 21.1 Å². The third-order valence-corrected chi connectivity index (χ3v) is 3.84. The Morgan fingerprint density at radius 3 is 2.86 bits per heavy atom.